The summed E-state index contributed by atoms with van der Waals surface area (Å²) in [5, 5.41) is 0. The van der Waals surface area contributed by atoms with Gasteiger partial charge in [-0.25, -0.2) is 0 Å². The Balaban J connectivity index is 4.93. The van der Waals surface area contributed by atoms with Crippen LogP contribution in [-0.4, -0.2) is 36.5 Å². The topological polar surface area (TPSA) is 54.4 Å². The van der Waals surface area contributed by atoms with Crippen molar-refractivity contribution >= 4 is 10.1 Å². The van der Waals surface area contributed by atoms with Crippen LogP contribution >= 0.6 is 0 Å². The fraction of sp³-hybridized carbons (Fsp3) is 1.00. The minimum absolute atomic E-state index is 0.408. The number of hydrogen-bond acceptors (Lipinski definition) is 2. The normalized spacial score (nSPS) is 15.2. The van der Waals surface area contributed by atoms with Crippen LogP contribution in [0.4, 0.5) is 26.3 Å². The molecule has 0 saturated carbocycles. The number of alkyl halides is 6. The molecule has 0 atom stereocenters. The third-order valence-corrected chi connectivity index (χ3v) is 2.40. The van der Waals surface area contributed by atoms with Crippen LogP contribution in [0.5, 0.6) is 0 Å². The van der Waals surface area contributed by atoms with Crippen molar-refractivity contribution in [2.45, 2.75) is 31.1 Å². The van der Waals surface area contributed by atoms with Gasteiger partial charge < -0.3 is 0 Å². The summed E-state index contributed by atoms with van der Waals surface area (Å²) in [4.78, 5) is 0. The van der Waals surface area contributed by atoms with E-state index in [1.165, 1.54) is 0 Å². The van der Waals surface area contributed by atoms with Crippen molar-refractivity contribution in [3.05, 3.63) is 0 Å². The molecule has 0 aromatic carbocycles. The zero-order chi connectivity index (χ0) is 13.4. The second-order valence-corrected chi connectivity index (χ2v) is 4.78. The molecule has 0 radical (unpaired) electrons. The summed E-state index contributed by atoms with van der Waals surface area (Å²) in [6.45, 7) is -0.408. The van der Waals surface area contributed by atoms with Gasteiger partial charge >= 0.3 is 17.8 Å². The molecule has 0 fully saturated rings. The van der Waals surface area contributed by atoms with Gasteiger partial charge in [-0.3, -0.25) is 4.55 Å². The lowest BCUT2D eigenvalue weighted by molar-refractivity contribution is -0.302. The Hall–Kier alpha value is -0.510. The molecule has 98 valence electrons. The predicted molar refractivity (Wildman–Crippen MR) is 41.5 cm³/mol. The average molecular weight is 274 g/mol. The van der Waals surface area contributed by atoms with Gasteiger partial charge in [0.25, 0.3) is 10.1 Å². The molecule has 0 aromatic heterocycles. The van der Waals surface area contributed by atoms with Gasteiger partial charge in [-0.15, -0.1) is 0 Å². The molecule has 0 rings (SSSR count). The summed E-state index contributed by atoms with van der Waals surface area (Å²) in [5.41, 5.74) is 0. The third-order valence-electron chi connectivity index (χ3n) is 1.68. The highest BCUT2D eigenvalue weighted by Gasteiger charge is 2.68. The highest BCUT2D eigenvalue weighted by Crippen LogP contribution is 2.47. The van der Waals surface area contributed by atoms with Crippen LogP contribution in [0.25, 0.3) is 0 Å². The van der Waals surface area contributed by atoms with E-state index in [0.717, 1.165) is 0 Å². The van der Waals surface area contributed by atoms with Gasteiger partial charge in [0, 0.05) is 13.3 Å². The second-order valence-electron chi connectivity index (χ2n) is 3.20. The predicted octanol–water partition coefficient (Wildman–Crippen LogP) is 2.19. The Morgan fingerprint density at radius 2 is 1.44 bits per heavy atom. The molecule has 0 amide bonds. The summed E-state index contributed by atoms with van der Waals surface area (Å²) in [5.74, 6) is -17.7. The second kappa shape index (κ2) is 4.06. The van der Waals surface area contributed by atoms with Gasteiger partial charge in [0.05, 0.1) is 5.75 Å². The van der Waals surface area contributed by atoms with E-state index in [9.17, 15) is 34.8 Å². The van der Waals surface area contributed by atoms with Crippen molar-refractivity contribution in [2.75, 3.05) is 5.75 Å². The Morgan fingerprint density at radius 1 is 1.06 bits per heavy atom. The fourth-order valence-corrected chi connectivity index (χ4v) is 1.25. The van der Waals surface area contributed by atoms with Crippen molar-refractivity contribution in [3.63, 3.8) is 0 Å². The quantitative estimate of drug-likeness (QED) is 0.617. The van der Waals surface area contributed by atoms with Crippen molar-refractivity contribution in [2.24, 2.45) is 0 Å². The molecule has 0 aliphatic heterocycles. The van der Waals surface area contributed by atoms with E-state index in [1.54, 1.807) is 0 Å². The maximum absolute atomic E-state index is 12.6. The van der Waals surface area contributed by atoms with E-state index >= 15 is 0 Å². The van der Waals surface area contributed by atoms with E-state index in [-0.39, 0.29) is 0 Å². The highest BCUT2D eigenvalue weighted by molar-refractivity contribution is 7.85. The number of halogens is 6. The Bertz CT molecular complexity index is 344. The van der Waals surface area contributed by atoms with Gasteiger partial charge in [0.2, 0.25) is 0 Å². The molecule has 0 saturated heterocycles. The van der Waals surface area contributed by atoms with Crippen molar-refractivity contribution < 1.29 is 39.3 Å². The molecule has 3 nitrogen and oxygen atoms in total. The molecule has 16 heavy (non-hydrogen) atoms. The summed E-state index contributed by atoms with van der Waals surface area (Å²) in [7, 11) is -4.92. The van der Waals surface area contributed by atoms with Gasteiger partial charge in [-0.2, -0.15) is 34.8 Å². The highest BCUT2D eigenvalue weighted by atomic mass is 32.2. The van der Waals surface area contributed by atoms with Gasteiger partial charge in [0.1, 0.15) is 0 Å². The SMILES string of the molecule is CC(F)(F)C(F)(F)C(F)(F)CCS(=O)(=O)O. The molecule has 0 heterocycles. The summed E-state index contributed by atoms with van der Waals surface area (Å²) >= 11 is 0. The largest absolute Gasteiger partial charge is 0.371 e. The standard InChI is InChI=1S/C6H8F6O3S/c1-4(7,8)6(11,12)5(9,10)2-3-16(13,14)15/h2-3H2,1H3,(H,13,14,15). The molecule has 0 aliphatic carbocycles. The van der Waals surface area contributed by atoms with E-state index in [1.807, 2.05) is 0 Å². The molecular weight excluding hydrogens is 266 g/mol. The molecule has 0 aromatic rings. The van der Waals surface area contributed by atoms with Crippen molar-refractivity contribution in [3.8, 4) is 0 Å². The number of hydrogen-bond donors (Lipinski definition) is 1. The lowest BCUT2D eigenvalue weighted by atomic mass is 10.0. The smallest absolute Gasteiger partial charge is 0.286 e. The zero-order valence-electron chi connectivity index (χ0n) is 7.85. The molecule has 0 bridgehead atoms. The summed E-state index contributed by atoms with van der Waals surface area (Å²) < 4.78 is 103. The van der Waals surface area contributed by atoms with Gasteiger partial charge in [-0.1, -0.05) is 0 Å². The monoisotopic (exact) mass is 274 g/mol. The van der Waals surface area contributed by atoms with Gasteiger partial charge in [0.15, 0.2) is 0 Å². The van der Waals surface area contributed by atoms with Crippen LogP contribution in [0.3, 0.4) is 0 Å². The average Bonchev–Trinajstić information content (AvgIpc) is 1.97. The van der Waals surface area contributed by atoms with Gasteiger partial charge in [-0.05, 0) is 0 Å². The molecule has 0 spiro atoms. The van der Waals surface area contributed by atoms with E-state index < -0.39 is 47.0 Å². The van der Waals surface area contributed by atoms with Crippen molar-refractivity contribution in [1.29, 1.82) is 0 Å². The van der Waals surface area contributed by atoms with Crippen LogP contribution in [0, 0.1) is 0 Å². The first-order valence-electron chi connectivity index (χ1n) is 3.79. The minimum Gasteiger partial charge on any atom is -0.286 e. The summed E-state index contributed by atoms with van der Waals surface area (Å²) in [6.07, 6.45) is -2.09. The molecule has 0 aliphatic rings. The molecule has 0 unspecified atom stereocenters. The third kappa shape index (κ3) is 3.51. The first-order chi connectivity index (χ1) is 6.71. The lowest BCUT2D eigenvalue weighted by Gasteiger charge is -2.30. The molecule has 1 N–H and O–H groups in total. The van der Waals surface area contributed by atoms with E-state index in [2.05, 4.69) is 0 Å². The van der Waals surface area contributed by atoms with Crippen LogP contribution < -0.4 is 0 Å². The van der Waals surface area contributed by atoms with Crippen LogP contribution in [0.2, 0.25) is 0 Å². The lowest BCUT2D eigenvalue weighted by Crippen LogP contribution is -2.53. The van der Waals surface area contributed by atoms with E-state index in [0.29, 0.717) is 0 Å². The van der Waals surface area contributed by atoms with Crippen molar-refractivity contribution in [1.82, 2.24) is 0 Å². The molecular formula is C6H8F6O3S. The Labute approximate surface area is 87.2 Å². The number of rotatable bonds is 5. The summed E-state index contributed by atoms with van der Waals surface area (Å²) in [6, 6.07) is 0. The fourth-order valence-electron chi connectivity index (χ4n) is 0.735. The Kier molecular flexibility index (Phi) is 3.93. The van der Waals surface area contributed by atoms with Crippen LogP contribution in [-0.2, 0) is 10.1 Å². The maximum atomic E-state index is 12.6. The molecule has 10 heteroatoms. The van der Waals surface area contributed by atoms with Crippen LogP contribution in [0.15, 0.2) is 0 Å². The first-order valence-corrected chi connectivity index (χ1v) is 5.40. The zero-order valence-corrected chi connectivity index (χ0v) is 8.67. The minimum atomic E-state index is -5.69. The Morgan fingerprint density at radius 3 is 1.69 bits per heavy atom. The van der Waals surface area contributed by atoms with Crippen LogP contribution in [0.1, 0.15) is 13.3 Å². The van der Waals surface area contributed by atoms with E-state index in [4.69, 9.17) is 4.55 Å². The maximum Gasteiger partial charge on any atom is 0.371 e. The first kappa shape index (κ1) is 15.5.